The van der Waals surface area contributed by atoms with Gasteiger partial charge in [0.1, 0.15) is 12.0 Å². The van der Waals surface area contributed by atoms with Crippen LogP contribution in [0.15, 0.2) is 24.3 Å². The zero-order valence-electron chi connectivity index (χ0n) is 5.87. The average molecular weight is 136 g/mol. The Balaban J connectivity index is 2.59. The van der Waals surface area contributed by atoms with E-state index in [1.165, 1.54) is 0 Å². The average Bonchev–Trinajstić information content (AvgIpc) is 1.88. The van der Waals surface area contributed by atoms with Crippen LogP contribution in [0, 0.1) is 6.07 Å². The van der Waals surface area contributed by atoms with E-state index in [1.807, 2.05) is 18.2 Å². The second-order valence-corrected chi connectivity index (χ2v) is 2.05. The molecule has 0 heterocycles. The van der Waals surface area contributed by atoms with Gasteiger partial charge in [-0.15, -0.1) is 0 Å². The van der Waals surface area contributed by atoms with Crippen molar-refractivity contribution in [3.63, 3.8) is 0 Å². The second kappa shape index (κ2) is 3.22. The molecule has 1 radical (unpaired) electrons. The second-order valence-electron chi connectivity index (χ2n) is 2.05. The first-order valence-electron chi connectivity index (χ1n) is 3.18. The maximum atomic E-state index is 5.38. The third-order valence-corrected chi connectivity index (χ3v) is 0.993. The first kappa shape index (κ1) is 7.09. The van der Waals surface area contributed by atoms with E-state index in [0.29, 0.717) is 5.75 Å². The number of para-hydroxylation sites is 1. The standard InChI is InChI=1S/C8H10NO/c1-7(9)10-8-5-3-2-4-6-8/h2-5,7H,9H2,1H3. The van der Waals surface area contributed by atoms with E-state index in [0.717, 1.165) is 0 Å². The van der Waals surface area contributed by atoms with Crippen molar-refractivity contribution in [1.82, 2.24) is 0 Å². The molecule has 1 unspecified atom stereocenters. The Morgan fingerprint density at radius 3 is 2.90 bits per heavy atom. The minimum absolute atomic E-state index is 0.265. The van der Waals surface area contributed by atoms with Gasteiger partial charge in [0.15, 0.2) is 0 Å². The molecule has 0 aliphatic rings. The SMILES string of the molecule is CC(N)Oc1[c]cccc1. The smallest absolute Gasteiger partial charge is 0.144 e. The van der Waals surface area contributed by atoms with Crippen molar-refractivity contribution >= 4 is 0 Å². The quantitative estimate of drug-likeness (QED) is 0.619. The van der Waals surface area contributed by atoms with Crippen molar-refractivity contribution in [2.75, 3.05) is 0 Å². The van der Waals surface area contributed by atoms with Crippen LogP contribution >= 0.6 is 0 Å². The predicted molar refractivity (Wildman–Crippen MR) is 39.6 cm³/mol. The van der Waals surface area contributed by atoms with Gasteiger partial charge < -0.3 is 4.74 Å². The van der Waals surface area contributed by atoms with E-state index in [1.54, 1.807) is 13.0 Å². The van der Waals surface area contributed by atoms with E-state index < -0.39 is 0 Å². The highest BCUT2D eigenvalue weighted by Crippen LogP contribution is 2.07. The summed E-state index contributed by atoms with van der Waals surface area (Å²) in [6.07, 6.45) is -0.265. The molecule has 2 heteroatoms. The van der Waals surface area contributed by atoms with E-state index >= 15 is 0 Å². The van der Waals surface area contributed by atoms with Crippen LogP contribution in [-0.4, -0.2) is 6.23 Å². The monoisotopic (exact) mass is 136 g/mol. The van der Waals surface area contributed by atoms with Gasteiger partial charge >= 0.3 is 0 Å². The van der Waals surface area contributed by atoms with Gasteiger partial charge in [-0.3, -0.25) is 5.73 Å². The van der Waals surface area contributed by atoms with E-state index in [9.17, 15) is 0 Å². The molecule has 53 valence electrons. The largest absolute Gasteiger partial charge is 0.475 e. The van der Waals surface area contributed by atoms with Crippen molar-refractivity contribution in [2.45, 2.75) is 13.2 Å². The normalized spacial score (nSPS) is 12.6. The third-order valence-electron chi connectivity index (χ3n) is 0.993. The van der Waals surface area contributed by atoms with Gasteiger partial charge in [-0.05, 0) is 13.0 Å². The first-order valence-corrected chi connectivity index (χ1v) is 3.18. The Morgan fingerprint density at radius 1 is 1.60 bits per heavy atom. The summed E-state index contributed by atoms with van der Waals surface area (Å²) in [4.78, 5) is 0. The molecule has 0 aliphatic carbocycles. The predicted octanol–water partition coefficient (Wildman–Crippen LogP) is 1.17. The Hall–Kier alpha value is -1.02. The molecule has 2 nitrogen and oxygen atoms in total. The third kappa shape index (κ3) is 2.07. The molecule has 0 saturated heterocycles. The van der Waals surface area contributed by atoms with Gasteiger partial charge in [0.2, 0.25) is 0 Å². The summed E-state index contributed by atoms with van der Waals surface area (Å²) in [5.74, 6) is 0.692. The summed E-state index contributed by atoms with van der Waals surface area (Å²) in [5, 5.41) is 0. The zero-order chi connectivity index (χ0) is 7.40. The molecular weight excluding hydrogens is 126 g/mol. The molecular formula is C8H10NO. The Bertz CT molecular complexity index is 184. The van der Waals surface area contributed by atoms with Crippen LogP contribution < -0.4 is 10.5 Å². The van der Waals surface area contributed by atoms with E-state index in [-0.39, 0.29) is 6.23 Å². The highest BCUT2D eigenvalue weighted by molar-refractivity contribution is 5.19. The lowest BCUT2D eigenvalue weighted by atomic mass is 10.3. The molecule has 0 fully saturated rings. The van der Waals surface area contributed by atoms with Crippen LogP contribution in [0.1, 0.15) is 6.92 Å². The summed E-state index contributed by atoms with van der Waals surface area (Å²) in [6, 6.07) is 10.3. The zero-order valence-corrected chi connectivity index (χ0v) is 5.87. The molecule has 2 N–H and O–H groups in total. The number of hydrogen-bond donors (Lipinski definition) is 1. The lowest BCUT2D eigenvalue weighted by molar-refractivity contribution is 0.229. The van der Waals surface area contributed by atoms with Crippen LogP contribution in [0.2, 0.25) is 0 Å². The maximum absolute atomic E-state index is 5.38. The highest BCUT2D eigenvalue weighted by Gasteiger charge is 1.93. The van der Waals surface area contributed by atoms with Gasteiger partial charge in [0, 0.05) is 6.07 Å². The molecule has 1 aromatic rings. The molecule has 0 spiro atoms. The van der Waals surface area contributed by atoms with E-state index in [2.05, 4.69) is 6.07 Å². The van der Waals surface area contributed by atoms with Gasteiger partial charge in [-0.2, -0.15) is 0 Å². The van der Waals surface area contributed by atoms with Gasteiger partial charge in [-0.25, -0.2) is 0 Å². The van der Waals surface area contributed by atoms with Crippen molar-refractivity contribution in [3.05, 3.63) is 30.3 Å². The number of nitrogens with two attached hydrogens (primary N) is 1. The van der Waals surface area contributed by atoms with Crippen molar-refractivity contribution in [1.29, 1.82) is 0 Å². The summed E-state index contributed by atoms with van der Waals surface area (Å²) in [7, 11) is 0. The molecule has 1 rings (SSSR count). The van der Waals surface area contributed by atoms with Crippen LogP contribution in [0.3, 0.4) is 0 Å². The summed E-state index contributed by atoms with van der Waals surface area (Å²) < 4.78 is 5.14. The van der Waals surface area contributed by atoms with Crippen molar-refractivity contribution < 1.29 is 4.74 Å². The molecule has 0 aliphatic heterocycles. The summed E-state index contributed by atoms with van der Waals surface area (Å²) in [5.41, 5.74) is 5.38. The van der Waals surface area contributed by atoms with Crippen LogP contribution in [0.5, 0.6) is 5.75 Å². The fourth-order valence-electron chi connectivity index (χ4n) is 0.650. The van der Waals surface area contributed by atoms with E-state index in [4.69, 9.17) is 10.5 Å². The lowest BCUT2D eigenvalue weighted by Crippen LogP contribution is -2.22. The molecule has 1 aromatic carbocycles. The number of benzene rings is 1. The summed E-state index contributed by atoms with van der Waals surface area (Å²) >= 11 is 0. The Morgan fingerprint density at radius 2 is 2.40 bits per heavy atom. The molecule has 1 atom stereocenters. The first-order chi connectivity index (χ1) is 4.79. The lowest BCUT2D eigenvalue weighted by Gasteiger charge is -2.07. The van der Waals surface area contributed by atoms with Gasteiger partial charge in [0.25, 0.3) is 0 Å². The molecule has 0 aromatic heterocycles. The van der Waals surface area contributed by atoms with Gasteiger partial charge in [-0.1, -0.05) is 18.2 Å². The van der Waals surface area contributed by atoms with Gasteiger partial charge in [0.05, 0.1) is 0 Å². The molecule has 0 saturated carbocycles. The van der Waals surface area contributed by atoms with Crippen molar-refractivity contribution in [3.8, 4) is 5.75 Å². The fourth-order valence-corrected chi connectivity index (χ4v) is 0.650. The minimum atomic E-state index is -0.265. The Labute approximate surface area is 60.6 Å². The van der Waals surface area contributed by atoms with Crippen LogP contribution in [0.25, 0.3) is 0 Å². The minimum Gasteiger partial charge on any atom is -0.475 e. The molecule has 0 amide bonds. The number of ether oxygens (including phenoxy) is 1. The van der Waals surface area contributed by atoms with Crippen LogP contribution in [0.4, 0.5) is 0 Å². The summed E-state index contributed by atoms with van der Waals surface area (Å²) in [6.45, 7) is 1.78. The number of hydrogen-bond acceptors (Lipinski definition) is 2. The molecule has 10 heavy (non-hydrogen) atoms. The number of rotatable bonds is 2. The van der Waals surface area contributed by atoms with Crippen LogP contribution in [-0.2, 0) is 0 Å². The van der Waals surface area contributed by atoms with Crippen molar-refractivity contribution in [2.24, 2.45) is 5.73 Å². The Kier molecular flexibility index (Phi) is 2.29. The molecule has 0 bridgehead atoms. The maximum Gasteiger partial charge on any atom is 0.144 e. The fraction of sp³-hybridized carbons (Fsp3) is 0.250. The highest BCUT2D eigenvalue weighted by atomic mass is 16.5. The topological polar surface area (TPSA) is 35.2 Å².